The lowest BCUT2D eigenvalue weighted by molar-refractivity contribution is -0.112. The maximum absolute atomic E-state index is 10.8. The van der Waals surface area contributed by atoms with Crippen molar-refractivity contribution in [3.63, 3.8) is 0 Å². The first-order valence-corrected chi connectivity index (χ1v) is 3.19. The van der Waals surface area contributed by atoms with Crippen LogP contribution in [-0.4, -0.2) is 5.78 Å². The molecule has 0 bridgehead atoms. The number of allylic oxidation sites excluding steroid dienone is 8. The van der Waals surface area contributed by atoms with Gasteiger partial charge in [0.2, 0.25) is 0 Å². The summed E-state index contributed by atoms with van der Waals surface area (Å²) in [6, 6.07) is 0. The van der Waals surface area contributed by atoms with Gasteiger partial charge in [-0.1, -0.05) is 30.4 Å². The maximum Gasteiger partial charge on any atom is 0.187 e. The Labute approximate surface area is 59.1 Å². The maximum atomic E-state index is 10.8. The number of carbonyl (C=O) groups excluding carboxylic acids is 1. The molecule has 0 N–H and O–H groups in total. The summed E-state index contributed by atoms with van der Waals surface area (Å²) in [5.41, 5.74) is 1.89. The van der Waals surface area contributed by atoms with Crippen LogP contribution in [0.2, 0.25) is 0 Å². The number of ketones is 1. The van der Waals surface area contributed by atoms with Gasteiger partial charge in [0.15, 0.2) is 5.78 Å². The zero-order chi connectivity index (χ0) is 6.97. The molecule has 2 rings (SSSR count). The molecule has 48 valence electrons. The second-order valence-electron chi connectivity index (χ2n) is 2.29. The van der Waals surface area contributed by atoms with Gasteiger partial charge in [0.1, 0.15) is 0 Å². The van der Waals surface area contributed by atoms with Crippen molar-refractivity contribution in [1.29, 1.82) is 0 Å². The summed E-state index contributed by atoms with van der Waals surface area (Å²) in [5, 5.41) is 0. The third kappa shape index (κ3) is 0.605. The summed E-state index contributed by atoms with van der Waals surface area (Å²) in [5.74, 6) is 0.145. The lowest BCUT2D eigenvalue weighted by Gasteiger charge is -2.11. The highest BCUT2D eigenvalue weighted by Gasteiger charge is 2.19. The minimum Gasteiger partial charge on any atom is -0.289 e. The Kier molecular flexibility index (Phi) is 0.978. The van der Waals surface area contributed by atoms with E-state index < -0.39 is 0 Å². The summed E-state index contributed by atoms with van der Waals surface area (Å²) in [6.07, 6.45) is 11.2. The molecule has 2 aliphatic carbocycles. The van der Waals surface area contributed by atoms with Crippen molar-refractivity contribution in [2.45, 2.75) is 0 Å². The molecule has 10 heavy (non-hydrogen) atoms. The molecule has 0 unspecified atom stereocenters. The van der Waals surface area contributed by atoms with Crippen LogP contribution in [0.15, 0.2) is 47.6 Å². The number of fused-ring (bicyclic) bond motifs is 1. The predicted molar refractivity (Wildman–Crippen MR) is 39.5 cm³/mol. The van der Waals surface area contributed by atoms with Gasteiger partial charge in [0.05, 0.1) is 0 Å². The summed E-state index contributed by atoms with van der Waals surface area (Å²) < 4.78 is 0. The van der Waals surface area contributed by atoms with E-state index in [0.29, 0.717) is 0 Å². The monoisotopic (exact) mass is 130 g/mol. The van der Waals surface area contributed by atoms with Crippen LogP contribution < -0.4 is 0 Å². The summed E-state index contributed by atoms with van der Waals surface area (Å²) >= 11 is 0. The smallest absolute Gasteiger partial charge is 0.187 e. The van der Waals surface area contributed by atoms with Crippen molar-refractivity contribution < 1.29 is 4.79 Å². The number of carbonyl (C=O) groups is 1. The molecule has 0 aromatic carbocycles. The van der Waals surface area contributed by atoms with E-state index in [1.54, 1.807) is 6.08 Å². The Bertz CT molecular complexity index is 301. The van der Waals surface area contributed by atoms with Gasteiger partial charge < -0.3 is 0 Å². The van der Waals surface area contributed by atoms with Crippen LogP contribution >= 0.6 is 0 Å². The molecule has 0 aromatic rings. The van der Waals surface area contributed by atoms with Gasteiger partial charge >= 0.3 is 0 Å². The van der Waals surface area contributed by atoms with E-state index in [1.807, 2.05) is 30.4 Å². The fourth-order valence-electron chi connectivity index (χ4n) is 1.05. The fourth-order valence-corrected chi connectivity index (χ4v) is 1.05. The first kappa shape index (κ1) is 5.42. The van der Waals surface area contributed by atoms with Crippen LogP contribution in [0.5, 0.6) is 0 Å². The van der Waals surface area contributed by atoms with Gasteiger partial charge in [-0.3, -0.25) is 4.79 Å². The molecule has 0 amide bonds. The SMILES string of the molecule is O=C1C=C2C=CC=CC=C12. The first-order chi connectivity index (χ1) is 4.88. The molecule has 2 aliphatic rings. The molecule has 0 atom stereocenters. The van der Waals surface area contributed by atoms with E-state index in [9.17, 15) is 4.79 Å². The van der Waals surface area contributed by atoms with Crippen molar-refractivity contribution in [1.82, 2.24) is 0 Å². The van der Waals surface area contributed by atoms with E-state index in [4.69, 9.17) is 0 Å². The number of rotatable bonds is 0. The summed E-state index contributed by atoms with van der Waals surface area (Å²) in [7, 11) is 0. The minimum atomic E-state index is 0.145. The van der Waals surface area contributed by atoms with Gasteiger partial charge in [0, 0.05) is 5.57 Å². The van der Waals surface area contributed by atoms with Crippen molar-refractivity contribution >= 4 is 5.78 Å². The van der Waals surface area contributed by atoms with Gasteiger partial charge in [0.25, 0.3) is 0 Å². The quantitative estimate of drug-likeness (QED) is 0.486. The van der Waals surface area contributed by atoms with E-state index in [0.717, 1.165) is 11.1 Å². The standard InChI is InChI=1S/C9H6O/c10-9-6-7-4-2-1-3-5-8(7)9/h1-6H. The second-order valence-corrected chi connectivity index (χ2v) is 2.29. The van der Waals surface area contributed by atoms with Crippen LogP contribution in [0.4, 0.5) is 0 Å². The molecule has 1 nitrogen and oxygen atoms in total. The van der Waals surface area contributed by atoms with Crippen molar-refractivity contribution in [2.24, 2.45) is 0 Å². The molecule has 0 spiro atoms. The Balaban J connectivity index is 2.53. The molecule has 0 heterocycles. The molecule has 1 heteroatoms. The fraction of sp³-hybridized carbons (Fsp3) is 0. The minimum absolute atomic E-state index is 0.145. The van der Waals surface area contributed by atoms with Crippen LogP contribution in [0, 0.1) is 0 Å². The Hall–Kier alpha value is -1.37. The average Bonchev–Trinajstić information content (AvgIpc) is 2.09. The van der Waals surface area contributed by atoms with E-state index >= 15 is 0 Å². The Morgan fingerprint density at radius 2 is 2.00 bits per heavy atom. The normalized spacial score (nSPS) is 20.6. The molecule has 0 aromatic heterocycles. The van der Waals surface area contributed by atoms with Crippen LogP contribution in [-0.2, 0) is 4.79 Å². The van der Waals surface area contributed by atoms with Crippen LogP contribution in [0.1, 0.15) is 0 Å². The van der Waals surface area contributed by atoms with E-state index in [2.05, 4.69) is 0 Å². The van der Waals surface area contributed by atoms with Gasteiger partial charge in [-0.15, -0.1) is 0 Å². The molecule has 0 radical (unpaired) electrons. The van der Waals surface area contributed by atoms with Crippen molar-refractivity contribution in [3.8, 4) is 0 Å². The van der Waals surface area contributed by atoms with Gasteiger partial charge in [-0.2, -0.15) is 0 Å². The Morgan fingerprint density at radius 1 is 1.10 bits per heavy atom. The third-order valence-electron chi connectivity index (χ3n) is 1.62. The zero-order valence-corrected chi connectivity index (χ0v) is 5.37. The molecular weight excluding hydrogens is 124 g/mol. The highest BCUT2D eigenvalue weighted by molar-refractivity contribution is 6.16. The van der Waals surface area contributed by atoms with E-state index in [-0.39, 0.29) is 5.78 Å². The predicted octanol–water partition coefficient (Wildman–Crippen LogP) is 1.55. The highest BCUT2D eigenvalue weighted by Crippen LogP contribution is 2.24. The lowest BCUT2D eigenvalue weighted by Crippen LogP contribution is -2.11. The number of hydrogen-bond acceptors (Lipinski definition) is 1. The molecule has 0 fully saturated rings. The number of hydrogen-bond donors (Lipinski definition) is 0. The average molecular weight is 130 g/mol. The first-order valence-electron chi connectivity index (χ1n) is 3.19. The summed E-state index contributed by atoms with van der Waals surface area (Å²) in [4.78, 5) is 10.8. The second kappa shape index (κ2) is 1.81. The van der Waals surface area contributed by atoms with Gasteiger partial charge in [-0.05, 0) is 11.6 Å². The van der Waals surface area contributed by atoms with Gasteiger partial charge in [-0.25, -0.2) is 0 Å². The van der Waals surface area contributed by atoms with Crippen LogP contribution in [0.25, 0.3) is 0 Å². The topological polar surface area (TPSA) is 17.1 Å². The van der Waals surface area contributed by atoms with E-state index in [1.165, 1.54) is 0 Å². The largest absolute Gasteiger partial charge is 0.289 e. The highest BCUT2D eigenvalue weighted by atomic mass is 16.1. The molecule has 0 saturated heterocycles. The molecule has 0 saturated carbocycles. The summed E-state index contributed by atoms with van der Waals surface area (Å²) in [6.45, 7) is 0. The Morgan fingerprint density at radius 3 is 2.80 bits per heavy atom. The van der Waals surface area contributed by atoms with Crippen molar-refractivity contribution in [2.75, 3.05) is 0 Å². The molecule has 0 aliphatic heterocycles. The van der Waals surface area contributed by atoms with Crippen LogP contribution in [0.3, 0.4) is 0 Å². The zero-order valence-electron chi connectivity index (χ0n) is 5.37. The lowest BCUT2D eigenvalue weighted by atomic mass is 9.90. The third-order valence-corrected chi connectivity index (χ3v) is 1.62. The molecular formula is C9H6O. The van der Waals surface area contributed by atoms with Crippen molar-refractivity contribution in [3.05, 3.63) is 47.6 Å².